The number of amides is 2. The summed E-state index contributed by atoms with van der Waals surface area (Å²) in [6.45, 7) is 1.38. The van der Waals surface area contributed by atoms with Crippen molar-refractivity contribution in [1.29, 1.82) is 0 Å². The van der Waals surface area contributed by atoms with Crippen molar-refractivity contribution >= 4 is 11.8 Å². The van der Waals surface area contributed by atoms with Crippen molar-refractivity contribution in [1.82, 2.24) is 10.2 Å². The number of hydrogen-bond donors (Lipinski definition) is 1. The second-order valence-corrected chi connectivity index (χ2v) is 7.50. The summed E-state index contributed by atoms with van der Waals surface area (Å²) >= 11 is 0. The second kappa shape index (κ2) is 7.56. The molecule has 6 nitrogen and oxygen atoms in total. The van der Waals surface area contributed by atoms with Crippen molar-refractivity contribution in [2.75, 3.05) is 19.9 Å². The Labute approximate surface area is 153 Å². The van der Waals surface area contributed by atoms with Gasteiger partial charge in [0, 0.05) is 24.7 Å². The lowest BCUT2D eigenvalue weighted by molar-refractivity contribution is -0.127. The van der Waals surface area contributed by atoms with E-state index >= 15 is 0 Å². The quantitative estimate of drug-likeness (QED) is 0.902. The van der Waals surface area contributed by atoms with Gasteiger partial charge in [0.2, 0.25) is 12.7 Å². The lowest BCUT2D eigenvalue weighted by atomic mass is 9.92. The maximum Gasteiger partial charge on any atom is 0.254 e. The van der Waals surface area contributed by atoms with Gasteiger partial charge in [0.1, 0.15) is 0 Å². The molecule has 1 aromatic carbocycles. The molecule has 1 atom stereocenters. The number of nitrogens with zero attached hydrogens (tertiary/aromatic N) is 1. The number of carbonyl (C=O) groups excluding carboxylic acids is 2. The Bertz CT molecular complexity index is 684. The van der Waals surface area contributed by atoms with Crippen molar-refractivity contribution in [3.63, 3.8) is 0 Å². The number of hydrogen-bond acceptors (Lipinski definition) is 4. The Morgan fingerprint density at radius 1 is 1.00 bits per heavy atom. The molecule has 0 radical (unpaired) electrons. The van der Waals surface area contributed by atoms with Crippen molar-refractivity contribution in [3.8, 4) is 11.5 Å². The average Bonchev–Trinajstić information content (AvgIpc) is 3.16. The highest BCUT2D eigenvalue weighted by Gasteiger charge is 2.30. The molecule has 6 heteroatoms. The third-order valence-corrected chi connectivity index (χ3v) is 5.65. The van der Waals surface area contributed by atoms with Gasteiger partial charge in [0.15, 0.2) is 11.5 Å². The van der Waals surface area contributed by atoms with Crippen LogP contribution in [-0.2, 0) is 4.79 Å². The Hall–Kier alpha value is -2.24. The molecule has 2 aliphatic heterocycles. The largest absolute Gasteiger partial charge is 0.454 e. The molecule has 140 valence electrons. The zero-order chi connectivity index (χ0) is 17.9. The topological polar surface area (TPSA) is 67.9 Å². The van der Waals surface area contributed by atoms with Gasteiger partial charge in [-0.2, -0.15) is 0 Å². The maximum absolute atomic E-state index is 12.9. The molecule has 0 spiro atoms. The van der Waals surface area contributed by atoms with E-state index in [0.717, 1.165) is 25.7 Å². The number of ether oxygens (including phenoxy) is 2. The van der Waals surface area contributed by atoms with Crippen molar-refractivity contribution in [2.45, 2.75) is 51.0 Å². The minimum atomic E-state index is -0.108. The first-order valence-corrected chi connectivity index (χ1v) is 9.70. The summed E-state index contributed by atoms with van der Waals surface area (Å²) in [5.41, 5.74) is 0.586. The van der Waals surface area contributed by atoms with Crippen LogP contribution in [0.2, 0.25) is 0 Å². The van der Waals surface area contributed by atoms with E-state index in [-0.39, 0.29) is 24.5 Å². The molecule has 0 bridgehead atoms. The molecule has 1 aliphatic carbocycles. The Kier molecular flexibility index (Phi) is 5.00. The van der Waals surface area contributed by atoms with E-state index in [1.165, 1.54) is 19.3 Å². The van der Waals surface area contributed by atoms with Crippen molar-refractivity contribution in [2.24, 2.45) is 5.92 Å². The smallest absolute Gasteiger partial charge is 0.254 e. The van der Waals surface area contributed by atoms with Crippen LogP contribution in [-0.4, -0.2) is 42.6 Å². The zero-order valence-electron chi connectivity index (χ0n) is 15.0. The average molecular weight is 358 g/mol. The van der Waals surface area contributed by atoms with E-state index < -0.39 is 0 Å². The fourth-order valence-corrected chi connectivity index (χ4v) is 4.15. The first-order chi connectivity index (χ1) is 12.7. The van der Waals surface area contributed by atoms with Gasteiger partial charge in [0.05, 0.1) is 5.92 Å². The lowest BCUT2D eigenvalue weighted by Gasteiger charge is -2.33. The highest BCUT2D eigenvalue weighted by atomic mass is 16.7. The normalized spacial score (nSPS) is 22.9. The number of likely N-dealkylation sites (tertiary alicyclic amines) is 1. The van der Waals surface area contributed by atoms with Crippen LogP contribution in [0.3, 0.4) is 0 Å². The highest BCUT2D eigenvalue weighted by Crippen LogP contribution is 2.33. The molecule has 3 aliphatic rings. The summed E-state index contributed by atoms with van der Waals surface area (Å²) < 4.78 is 10.7. The van der Waals surface area contributed by atoms with Gasteiger partial charge in [-0.15, -0.1) is 0 Å². The first kappa shape index (κ1) is 17.2. The Morgan fingerprint density at radius 2 is 1.81 bits per heavy atom. The fourth-order valence-electron chi connectivity index (χ4n) is 4.15. The molecule has 1 N–H and O–H groups in total. The summed E-state index contributed by atoms with van der Waals surface area (Å²) in [5, 5.41) is 3.21. The SMILES string of the molecule is O=C(NC1CCCCC1)C1CCCN(C(=O)c2ccc3c(c2)OCO3)C1. The van der Waals surface area contributed by atoms with E-state index in [2.05, 4.69) is 5.32 Å². The predicted octanol–water partition coefficient (Wildman–Crippen LogP) is 2.72. The number of piperidine rings is 1. The summed E-state index contributed by atoms with van der Waals surface area (Å²) in [4.78, 5) is 27.3. The molecule has 4 rings (SSSR count). The Morgan fingerprint density at radius 3 is 2.65 bits per heavy atom. The van der Waals surface area contributed by atoms with Crippen LogP contribution in [0.1, 0.15) is 55.3 Å². The van der Waals surface area contributed by atoms with E-state index in [0.29, 0.717) is 36.2 Å². The fraction of sp³-hybridized carbons (Fsp3) is 0.600. The van der Waals surface area contributed by atoms with Gasteiger partial charge in [-0.3, -0.25) is 9.59 Å². The van der Waals surface area contributed by atoms with Crippen LogP contribution in [0.25, 0.3) is 0 Å². The molecular formula is C20H26N2O4. The highest BCUT2D eigenvalue weighted by molar-refractivity contribution is 5.95. The van der Waals surface area contributed by atoms with E-state index in [1.54, 1.807) is 23.1 Å². The summed E-state index contributed by atoms with van der Waals surface area (Å²) in [5.74, 6) is 1.24. The number of carbonyl (C=O) groups is 2. The van der Waals surface area contributed by atoms with Crippen LogP contribution >= 0.6 is 0 Å². The summed E-state index contributed by atoms with van der Waals surface area (Å²) in [6.07, 6.45) is 7.54. The molecule has 26 heavy (non-hydrogen) atoms. The van der Waals surface area contributed by atoms with Gasteiger partial charge in [-0.25, -0.2) is 0 Å². The number of fused-ring (bicyclic) bond motifs is 1. The molecule has 1 aromatic rings. The summed E-state index contributed by atoms with van der Waals surface area (Å²) in [7, 11) is 0. The van der Waals surface area contributed by atoms with Crippen molar-refractivity contribution in [3.05, 3.63) is 23.8 Å². The number of rotatable bonds is 3. The standard InChI is InChI=1S/C20H26N2O4/c23-19(21-16-6-2-1-3-7-16)15-5-4-10-22(12-15)20(24)14-8-9-17-18(11-14)26-13-25-17/h8-9,11,15-16H,1-7,10,12-13H2,(H,21,23). The monoisotopic (exact) mass is 358 g/mol. The predicted molar refractivity (Wildman–Crippen MR) is 96.2 cm³/mol. The molecule has 2 fully saturated rings. The third-order valence-electron chi connectivity index (χ3n) is 5.65. The lowest BCUT2D eigenvalue weighted by Crippen LogP contribution is -2.47. The third kappa shape index (κ3) is 3.64. The molecule has 2 amide bonds. The second-order valence-electron chi connectivity index (χ2n) is 7.50. The van der Waals surface area contributed by atoms with E-state index in [1.807, 2.05) is 0 Å². The Balaban J connectivity index is 1.38. The number of nitrogens with one attached hydrogen (secondary N) is 1. The first-order valence-electron chi connectivity index (χ1n) is 9.70. The van der Waals surface area contributed by atoms with Crippen LogP contribution in [0.5, 0.6) is 11.5 Å². The van der Waals surface area contributed by atoms with Gasteiger partial charge in [-0.1, -0.05) is 19.3 Å². The molecule has 1 saturated carbocycles. The minimum absolute atomic E-state index is 0.0431. The van der Waals surface area contributed by atoms with Gasteiger partial charge < -0.3 is 19.7 Å². The van der Waals surface area contributed by atoms with Crippen molar-refractivity contribution < 1.29 is 19.1 Å². The summed E-state index contributed by atoms with van der Waals surface area (Å²) in [6, 6.07) is 5.58. The van der Waals surface area contributed by atoms with Gasteiger partial charge in [0.25, 0.3) is 5.91 Å². The zero-order valence-corrected chi connectivity index (χ0v) is 15.0. The minimum Gasteiger partial charge on any atom is -0.454 e. The van der Waals surface area contributed by atoms with E-state index in [9.17, 15) is 9.59 Å². The molecule has 1 saturated heterocycles. The van der Waals surface area contributed by atoms with Crippen LogP contribution < -0.4 is 14.8 Å². The number of benzene rings is 1. The molecular weight excluding hydrogens is 332 g/mol. The molecule has 2 heterocycles. The van der Waals surface area contributed by atoms with Gasteiger partial charge >= 0.3 is 0 Å². The van der Waals surface area contributed by atoms with Gasteiger partial charge in [-0.05, 0) is 43.9 Å². The van der Waals surface area contributed by atoms with Crippen LogP contribution in [0.15, 0.2) is 18.2 Å². The molecule has 0 aromatic heterocycles. The van der Waals surface area contributed by atoms with Crippen LogP contribution in [0.4, 0.5) is 0 Å². The maximum atomic E-state index is 12.9. The van der Waals surface area contributed by atoms with Crippen LogP contribution in [0, 0.1) is 5.92 Å². The van der Waals surface area contributed by atoms with E-state index in [4.69, 9.17) is 9.47 Å². The molecule has 1 unspecified atom stereocenters.